The summed E-state index contributed by atoms with van der Waals surface area (Å²) in [5, 5.41) is 0. The largest absolute Gasteiger partial charge is 0.342 e. The Kier molecular flexibility index (Phi) is 6.05. The predicted octanol–water partition coefficient (Wildman–Crippen LogP) is 3.52. The maximum Gasteiger partial charge on any atom is 0.253 e. The minimum atomic E-state index is 0.0881. The van der Waals surface area contributed by atoms with Gasteiger partial charge in [-0.3, -0.25) is 9.59 Å². The quantitative estimate of drug-likeness (QED) is 0.775. The number of carbonyl (C=O) groups is 2. The smallest absolute Gasteiger partial charge is 0.253 e. The monoisotopic (exact) mass is 360 g/mol. The van der Waals surface area contributed by atoms with Gasteiger partial charge in [-0.1, -0.05) is 6.92 Å². The molecule has 2 aliphatic rings. The highest BCUT2D eigenvalue weighted by molar-refractivity contribution is 7.98. The molecule has 0 saturated carbocycles. The Morgan fingerprint density at radius 3 is 2.28 bits per heavy atom. The second kappa shape index (κ2) is 8.26. The molecule has 0 spiro atoms. The zero-order valence-electron chi connectivity index (χ0n) is 15.2. The van der Waals surface area contributed by atoms with E-state index in [2.05, 4.69) is 11.8 Å². The number of hydrogen-bond donors (Lipinski definition) is 0. The van der Waals surface area contributed by atoms with Gasteiger partial charge in [0.1, 0.15) is 0 Å². The average Bonchev–Trinajstić information content (AvgIpc) is 2.67. The van der Waals surface area contributed by atoms with Gasteiger partial charge in [0, 0.05) is 42.6 Å². The molecule has 0 N–H and O–H groups in total. The van der Waals surface area contributed by atoms with Gasteiger partial charge in [0.2, 0.25) is 5.91 Å². The van der Waals surface area contributed by atoms with E-state index in [1.54, 1.807) is 11.8 Å². The first-order valence-corrected chi connectivity index (χ1v) is 10.5. The molecule has 3 rings (SSSR count). The predicted molar refractivity (Wildman–Crippen MR) is 102 cm³/mol. The molecule has 2 heterocycles. The van der Waals surface area contributed by atoms with Gasteiger partial charge in [0.05, 0.1) is 0 Å². The zero-order chi connectivity index (χ0) is 17.8. The van der Waals surface area contributed by atoms with Gasteiger partial charge in [0.25, 0.3) is 5.91 Å². The lowest BCUT2D eigenvalue weighted by Crippen LogP contribution is -2.47. The SMILES string of the molecule is CSc1ccc(C(=O)N2CCC(C(=O)N3CCCC(C)C3)CC2)cc1. The van der Waals surface area contributed by atoms with Crippen molar-refractivity contribution >= 4 is 23.6 Å². The van der Waals surface area contributed by atoms with Crippen LogP contribution in [-0.4, -0.2) is 54.0 Å². The zero-order valence-corrected chi connectivity index (χ0v) is 16.1. The first-order valence-electron chi connectivity index (χ1n) is 9.30. The summed E-state index contributed by atoms with van der Waals surface area (Å²) in [4.78, 5) is 30.5. The number of carbonyl (C=O) groups excluding carboxylic acids is 2. The molecule has 0 radical (unpaired) electrons. The van der Waals surface area contributed by atoms with Crippen LogP contribution in [0.3, 0.4) is 0 Å². The maximum atomic E-state index is 12.7. The van der Waals surface area contributed by atoms with Gasteiger partial charge in [-0.25, -0.2) is 0 Å². The van der Waals surface area contributed by atoms with Crippen molar-refractivity contribution < 1.29 is 9.59 Å². The summed E-state index contributed by atoms with van der Waals surface area (Å²) < 4.78 is 0. The molecule has 1 unspecified atom stereocenters. The molecule has 0 aromatic heterocycles. The molecule has 2 fully saturated rings. The van der Waals surface area contributed by atoms with Crippen molar-refractivity contribution in [3.63, 3.8) is 0 Å². The highest BCUT2D eigenvalue weighted by Crippen LogP contribution is 2.25. The van der Waals surface area contributed by atoms with Crippen LogP contribution in [0, 0.1) is 11.8 Å². The molecule has 2 aliphatic heterocycles. The highest BCUT2D eigenvalue weighted by atomic mass is 32.2. The summed E-state index contributed by atoms with van der Waals surface area (Å²) in [5.41, 5.74) is 0.743. The summed E-state index contributed by atoms with van der Waals surface area (Å²) in [6, 6.07) is 7.79. The first kappa shape index (κ1) is 18.3. The Bertz CT molecular complexity index is 609. The second-order valence-corrected chi connectivity index (χ2v) is 8.21. The minimum Gasteiger partial charge on any atom is -0.342 e. The number of thioether (sulfide) groups is 1. The highest BCUT2D eigenvalue weighted by Gasteiger charge is 2.31. The number of piperidine rings is 2. The van der Waals surface area contributed by atoms with Crippen molar-refractivity contribution in [1.82, 2.24) is 9.80 Å². The van der Waals surface area contributed by atoms with Gasteiger partial charge in [0.15, 0.2) is 0 Å². The van der Waals surface area contributed by atoms with E-state index >= 15 is 0 Å². The third-order valence-corrected chi connectivity index (χ3v) is 6.18. The van der Waals surface area contributed by atoms with E-state index in [-0.39, 0.29) is 11.8 Å². The molecule has 0 bridgehead atoms. The van der Waals surface area contributed by atoms with Crippen LogP contribution in [0.4, 0.5) is 0 Å². The molecule has 1 aromatic rings. The number of amides is 2. The van der Waals surface area contributed by atoms with E-state index in [9.17, 15) is 9.59 Å². The number of hydrogen-bond acceptors (Lipinski definition) is 3. The Balaban J connectivity index is 1.54. The van der Waals surface area contributed by atoms with Crippen molar-refractivity contribution in [2.45, 2.75) is 37.5 Å². The molecule has 4 nitrogen and oxygen atoms in total. The van der Waals surface area contributed by atoms with Crippen LogP contribution in [0.5, 0.6) is 0 Å². The molecular formula is C20H28N2O2S. The molecule has 5 heteroatoms. The minimum absolute atomic E-state index is 0.0881. The fourth-order valence-electron chi connectivity index (χ4n) is 3.89. The van der Waals surface area contributed by atoms with Gasteiger partial charge in [-0.15, -0.1) is 11.8 Å². The fourth-order valence-corrected chi connectivity index (χ4v) is 4.30. The topological polar surface area (TPSA) is 40.6 Å². The number of likely N-dealkylation sites (tertiary alicyclic amines) is 2. The molecule has 2 amide bonds. The summed E-state index contributed by atoms with van der Waals surface area (Å²) in [6.45, 7) is 5.40. The van der Waals surface area contributed by atoms with Gasteiger partial charge in [-0.05, 0) is 62.1 Å². The lowest BCUT2D eigenvalue weighted by atomic mass is 9.92. The van der Waals surface area contributed by atoms with Crippen molar-refractivity contribution in [1.29, 1.82) is 0 Å². The van der Waals surface area contributed by atoms with Crippen LogP contribution < -0.4 is 0 Å². The lowest BCUT2D eigenvalue weighted by molar-refractivity contribution is -0.138. The van der Waals surface area contributed by atoms with Crippen LogP contribution in [-0.2, 0) is 4.79 Å². The normalized spacial score (nSPS) is 22.1. The van der Waals surface area contributed by atoms with Crippen LogP contribution in [0.15, 0.2) is 29.2 Å². The van der Waals surface area contributed by atoms with Crippen LogP contribution in [0.2, 0.25) is 0 Å². The Morgan fingerprint density at radius 2 is 1.68 bits per heavy atom. The third-order valence-electron chi connectivity index (χ3n) is 5.44. The molecule has 1 atom stereocenters. The number of benzene rings is 1. The number of rotatable bonds is 3. The van der Waals surface area contributed by atoms with Crippen molar-refractivity contribution in [2.75, 3.05) is 32.4 Å². The summed E-state index contributed by atoms with van der Waals surface area (Å²) in [6.07, 6.45) is 5.96. The molecule has 1 aromatic carbocycles. The summed E-state index contributed by atoms with van der Waals surface area (Å²) in [7, 11) is 0. The van der Waals surface area contributed by atoms with Crippen LogP contribution in [0.1, 0.15) is 43.0 Å². The molecule has 136 valence electrons. The molecular weight excluding hydrogens is 332 g/mol. The molecule has 2 saturated heterocycles. The van der Waals surface area contributed by atoms with E-state index in [0.717, 1.165) is 42.8 Å². The standard InChI is InChI=1S/C20H28N2O2S/c1-15-4-3-11-22(14-15)20(24)17-9-12-21(13-10-17)19(23)16-5-7-18(25-2)8-6-16/h5-8,15,17H,3-4,9-14H2,1-2H3. The van der Waals surface area contributed by atoms with E-state index in [0.29, 0.717) is 24.9 Å². The third kappa shape index (κ3) is 4.38. The van der Waals surface area contributed by atoms with Crippen LogP contribution in [0.25, 0.3) is 0 Å². The summed E-state index contributed by atoms with van der Waals surface area (Å²) in [5.74, 6) is 1.10. The van der Waals surface area contributed by atoms with Gasteiger partial charge >= 0.3 is 0 Å². The van der Waals surface area contributed by atoms with E-state index in [1.165, 1.54) is 6.42 Å². The van der Waals surface area contributed by atoms with Gasteiger partial charge < -0.3 is 9.80 Å². The molecule has 25 heavy (non-hydrogen) atoms. The van der Waals surface area contributed by atoms with Crippen molar-refractivity contribution in [2.24, 2.45) is 11.8 Å². The first-order chi connectivity index (χ1) is 12.1. The Morgan fingerprint density at radius 1 is 1.00 bits per heavy atom. The number of nitrogens with zero attached hydrogens (tertiary/aromatic N) is 2. The van der Waals surface area contributed by atoms with E-state index < -0.39 is 0 Å². The Hall–Kier alpha value is -1.49. The lowest BCUT2D eigenvalue weighted by Gasteiger charge is -2.37. The van der Waals surface area contributed by atoms with Crippen molar-refractivity contribution in [3.05, 3.63) is 29.8 Å². The van der Waals surface area contributed by atoms with E-state index in [4.69, 9.17) is 0 Å². The maximum absolute atomic E-state index is 12.7. The average molecular weight is 361 g/mol. The molecule has 0 aliphatic carbocycles. The second-order valence-electron chi connectivity index (χ2n) is 7.33. The summed E-state index contributed by atoms with van der Waals surface area (Å²) >= 11 is 1.67. The fraction of sp³-hybridized carbons (Fsp3) is 0.600. The Labute approximate surface area is 154 Å². The van der Waals surface area contributed by atoms with Crippen LogP contribution >= 0.6 is 11.8 Å². The van der Waals surface area contributed by atoms with Gasteiger partial charge in [-0.2, -0.15) is 0 Å². The van der Waals surface area contributed by atoms with Crippen molar-refractivity contribution in [3.8, 4) is 0 Å². The van der Waals surface area contributed by atoms with E-state index in [1.807, 2.05) is 35.4 Å².